The number of hydrogen-bond acceptors (Lipinski definition) is 4. The zero-order valence-corrected chi connectivity index (χ0v) is 10.9. The summed E-state index contributed by atoms with van der Waals surface area (Å²) < 4.78 is 31.1. The quantitative estimate of drug-likeness (QED) is 0.609. The number of rotatable bonds is 5. The van der Waals surface area contributed by atoms with E-state index in [-0.39, 0.29) is 17.9 Å². The van der Waals surface area contributed by atoms with Crippen LogP contribution in [-0.2, 0) is 16.2 Å². The maximum atomic E-state index is 13.3. The van der Waals surface area contributed by atoms with Crippen molar-refractivity contribution in [3.05, 3.63) is 35.4 Å². The molecule has 0 fully saturated rings. The van der Waals surface area contributed by atoms with Gasteiger partial charge in [-0.05, 0) is 26.0 Å². The van der Waals surface area contributed by atoms with Gasteiger partial charge in [-0.1, -0.05) is 5.16 Å². The third-order valence-corrected chi connectivity index (χ3v) is 2.58. The fourth-order valence-corrected chi connectivity index (χ4v) is 1.17. The van der Waals surface area contributed by atoms with Gasteiger partial charge >= 0.3 is 0 Å². The van der Waals surface area contributed by atoms with Gasteiger partial charge in [-0.3, -0.25) is 0 Å². The van der Waals surface area contributed by atoms with Crippen molar-refractivity contribution in [3.63, 3.8) is 0 Å². The third kappa shape index (κ3) is 4.00. The van der Waals surface area contributed by atoms with Crippen LogP contribution in [0.15, 0.2) is 23.4 Å². The molecule has 0 saturated carbocycles. The average molecular weight is 268 g/mol. The molecule has 0 aliphatic carbocycles. The molecule has 1 aromatic carbocycles. The molecule has 0 aliphatic heterocycles. The predicted molar refractivity (Wildman–Crippen MR) is 65.3 cm³/mol. The maximum Gasteiger partial charge on any atom is 0.188 e. The van der Waals surface area contributed by atoms with Crippen LogP contribution in [0, 0.1) is 23.0 Å². The molecule has 0 amide bonds. The SMILES string of the molecule is COC(C)(C)/C(C#N)=N/OCc1ccc(F)cc1F. The lowest BCUT2D eigenvalue weighted by Crippen LogP contribution is -2.33. The molecule has 0 N–H and O–H groups in total. The van der Waals surface area contributed by atoms with Crippen LogP contribution in [0.4, 0.5) is 8.78 Å². The summed E-state index contributed by atoms with van der Waals surface area (Å²) in [5, 5.41) is 12.5. The van der Waals surface area contributed by atoms with E-state index in [1.54, 1.807) is 13.8 Å². The molecule has 0 aliphatic rings. The molecule has 1 aromatic rings. The molecule has 0 radical (unpaired) electrons. The minimum atomic E-state index is -0.893. The van der Waals surface area contributed by atoms with Gasteiger partial charge in [-0.25, -0.2) is 8.78 Å². The Labute approximate surface area is 110 Å². The van der Waals surface area contributed by atoms with Crippen molar-refractivity contribution in [2.75, 3.05) is 7.11 Å². The summed E-state index contributed by atoms with van der Waals surface area (Å²) >= 11 is 0. The second-order valence-corrected chi connectivity index (χ2v) is 4.28. The lowest BCUT2D eigenvalue weighted by molar-refractivity contribution is 0.0720. The van der Waals surface area contributed by atoms with Gasteiger partial charge in [0.05, 0.1) is 0 Å². The number of methoxy groups -OCH3 is 1. The Morgan fingerprint density at radius 1 is 1.42 bits per heavy atom. The highest BCUT2D eigenvalue weighted by Gasteiger charge is 2.25. The second kappa shape index (κ2) is 6.25. The van der Waals surface area contributed by atoms with Crippen LogP contribution in [-0.4, -0.2) is 18.4 Å². The van der Waals surface area contributed by atoms with E-state index in [1.165, 1.54) is 13.2 Å². The third-order valence-electron chi connectivity index (χ3n) is 2.58. The Hall–Kier alpha value is -2.00. The second-order valence-electron chi connectivity index (χ2n) is 4.28. The molecular formula is C13H14F2N2O2. The topological polar surface area (TPSA) is 54.6 Å². The zero-order valence-electron chi connectivity index (χ0n) is 10.9. The smallest absolute Gasteiger partial charge is 0.188 e. The molecule has 0 aromatic heterocycles. The van der Waals surface area contributed by atoms with Gasteiger partial charge in [0.25, 0.3) is 0 Å². The van der Waals surface area contributed by atoms with Crippen molar-refractivity contribution in [1.82, 2.24) is 0 Å². The summed E-state index contributed by atoms with van der Waals surface area (Å²) in [5.74, 6) is -1.39. The standard InChI is InChI=1S/C13H14F2N2O2/c1-13(2,18-3)12(7-16)17-19-8-9-4-5-10(14)6-11(9)15/h4-6H,8H2,1-3H3/b17-12+. The highest BCUT2D eigenvalue weighted by molar-refractivity contribution is 6.04. The van der Waals surface area contributed by atoms with Gasteiger partial charge in [0.2, 0.25) is 0 Å². The van der Waals surface area contributed by atoms with E-state index in [9.17, 15) is 8.78 Å². The summed E-state index contributed by atoms with van der Waals surface area (Å²) in [6, 6.07) is 4.98. The number of hydrogen-bond donors (Lipinski definition) is 0. The van der Waals surface area contributed by atoms with Crippen LogP contribution >= 0.6 is 0 Å². The Kier molecular flexibility index (Phi) is 4.95. The molecule has 0 bridgehead atoms. The number of oxime groups is 1. The van der Waals surface area contributed by atoms with Crippen molar-refractivity contribution < 1.29 is 18.4 Å². The van der Waals surface area contributed by atoms with Gasteiger partial charge in [0, 0.05) is 18.7 Å². The fourth-order valence-electron chi connectivity index (χ4n) is 1.17. The highest BCUT2D eigenvalue weighted by Crippen LogP contribution is 2.13. The molecule has 0 spiro atoms. The Bertz CT molecular complexity index is 522. The number of nitriles is 1. The first-order chi connectivity index (χ1) is 8.90. The van der Waals surface area contributed by atoms with Crippen LogP contribution < -0.4 is 0 Å². The van der Waals surface area contributed by atoms with Crippen LogP contribution in [0.3, 0.4) is 0 Å². The van der Waals surface area contributed by atoms with Crippen molar-refractivity contribution in [3.8, 4) is 6.07 Å². The van der Waals surface area contributed by atoms with Crippen LogP contribution in [0.25, 0.3) is 0 Å². The normalized spacial score (nSPS) is 12.1. The number of halogens is 2. The van der Waals surface area contributed by atoms with E-state index >= 15 is 0 Å². The summed E-state index contributed by atoms with van der Waals surface area (Å²) in [5.41, 5.74) is -0.717. The first-order valence-electron chi connectivity index (χ1n) is 5.50. The van der Waals surface area contributed by atoms with Crippen molar-refractivity contribution in [2.45, 2.75) is 26.1 Å². The van der Waals surface area contributed by atoms with E-state index in [0.29, 0.717) is 0 Å². The number of nitrogens with zero attached hydrogens (tertiary/aromatic N) is 2. The van der Waals surface area contributed by atoms with E-state index in [2.05, 4.69) is 5.16 Å². The summed E-state index contributed by atoms with van der Waals surface area (Å²) in [7, 11) is 1.44. The van der Waals surface area contributed by atoms with Crippen LogP contribution in [0.2, 0.25) is 0 Å². The maximum absolute atomic E-state index is 13.3. The minimum Gasteiger partial charge on any atom is -0.390 e. The van der Waals surface area contributed by atoms with Crippen molar-refractivity contribution >= 4 is 5.71 Å². The Morgan fingerprint density at radius 2 is 2.11 bits per heavy atom. The lowest BCUT2D eigenvalue weighted by atomic mass is 10.0. The molecule has 0 unspecified atom stereocenters. The minimum absolute atomic E-state index is 0.0255. The molecule has 19 heavy (non-hydrogen) atoms. The van der Waals surface area contributed by atoms with Crippen LogP contribution in [0.5, 0.6) is 0 Å². The Balaban J connectivity index is 2.74. The van der Waals surface area contributed by atoms with E-state index in [0.717, 1.165) is 12.1 Å². The molecule has 0 atom stereocenters. The first-order valence-corrected chi connectivity index (χ1v) is 5.50. The molecular weight excluding hydrogens is 254 g/mol. The highest BCUT2D eigenvalue weighted by atomic mass is 19.1. The molecule has 102 valence electrons. The first kappa shape index (κ1) is 15.1. The molecule has 6 heteroatoms. The van der Waals surface area contributed by atoms with E-state index in [4.69, 9.17) is 14.8 Å². The Morgan fingerprint density at radius 3 is 2.63 bits per heavy atom. The van der Waals surface area contributed by atoms with Gasteiger partial charge in [-0.2, -0.15) is 5.26 Å². The van der Waals surface area contributed by atoms with Gasteiger partial charge in [0.15, 0.2) is 5.71 Å². The monoisotopic (exact) mass is 268 g/mol. The van der Waals surface area contributed by atoms with Crippen molar-refractivity contribution in [1.29, 1.82) is 5.26 Å². The average Bonchev–Trinajstić information content (AvgIpc) is 2.36. The molecule has 0 saturated heterocycles. The van der Waals surface area contributed by atoms with Gasteiger partial charge < -0.3 is 9.57 Å². The van der Waals surface area contributed by atoms with Gasteiger partial charge in [0.1, 0.15) is 29.9 Å². The van der Waals surface area contributed by atoms with Gasteiger partial charge in [-0.15, -0.1) is 0 Å². The molecule has 0 heterocycles. The van der Waals surface area contributed by atoms with Crippen molar-refractivity contribution in [2.24, 2.45) is 5.16 Å². The summed E-state index contributed by atoms with van der Waals surface area (Å²) in [6.07, 6.45) is 0. The summed E-state index contributed by atoms with van der Waals surface area (Å²) in [4.78, 5) is 4.90. The molecule has 4 nitrogen and oxygen atoms in total. The van der Waals surface area contributed by atoms with Crippen LogP contribution in [0.1, 0.15) is 19.4 Å². The molecule has 1 rings (SSSR count). The predicted octanol–water partition coefficient (Wildman–Crippen LogP) is 2.79. The van der Waals surface area contributed by atoms with E-state index in [1.807, 2.05) is 6.07 Å². The summed E-state index contributed by atoms with van der Waals surface area (Å²) in [6.45, 7) is 3.10. The fraction of sp³-hybridized carbons (Fsp3) is 0.385. The number of ether oxygens (including phenoxy) is 1. The zero-order chi connectivity index (χ0) is 14.5. The largest absolute Gasteiger partial charge is 0.390 e. The lowest BCUT2D eigenvalue weighted by Gasteiger charge is -2.19. The van der Waals surface area contributed by atoms with E-state index < -0.39 is 17.2 Å². The number of benzene rings is 1.